The summed E-state index contributed by atoms with van der Waals surface area (Å²) in [6.45, 7) is 10.7. The largest absolute Gasteiger partial charge is 0.504 e. The van der Waals surface area contributed by atoms with Gasteiger partial charge in [-0.25, -0.2) is 0 Å². The maximum absolute atomic E-state index is 12.5. The summed E-state index contributed by atoms with van der Waals surface area (Å²) in [5.74, 6) is 0.500. The van der Waals surface area contributed by atoms with Gasteiger partial charge < -0.3 is 15.2 Å². The summed E-state index contributed by atoms with van der Waals surface area (Å²) in [6.07, 6.45) is 0. The van der Waals surface area contributed by atoms with Crippen LogP contribution in [-0.4, -0.2) is 27.9 Å². The van der Waals surface area contributed by atoms with Crippen molar-refractivity contribution in [3.8, 4) is 11.5 Å². The van der Waals surface area contributed by atoms with E-state index in [9.17, 15) is 9.90 Å². The number of nitrogens with one attached hydrogen (secondary N) is 1. The van der Waals surface area contributed by atoms with Crippen molar-refractivity contribution in [1.82, 2.24) is 15.1 Å². The zero-order valence-corrected chi connectivity index (χ0v) is 15.8. The summed E-state index contributed by atoms with van der Waals surface area (Å²) < 4.78 is 6.99. The van der Waals surface area contributed by atoms with Crippen molar-refractivity contribution in [2.75, 3.05) is 7.11 Å². The Hall–Kier alpha value is -2.50. The topological polar surface area (TPSA) is 76.4 Å². The number of hydrogen-bond donors (Lipinski definition) is 2. The first-order chi connectivity index (χ1) is 11.6. The van der Waals surface area contributed by atoms with Crippen LogP contribution in [0.4, 0.5) is 0 Å². The number of methoxy groups -OCH3 is 1. The molecule has 0 radical (unpaired) electrons. The fourth-order valence-electron chi connectivity index (χ4n) is 2.56. The number of rotatable bonds is 5. The van der Waals surface area contributed by atoms with Gasteiger partial charge in [0.25, 0.3) is 5.91 Å². The van der Waals surface area contributed by atoms with Crippen molar-refractivity contribution in [2.45, 2.75) is 52.6 Å². The number of benzene rings is 1. The van der Waals surface area contributed by atoms with E-state index in [0.717, 1.165) is 11.3 Å². The second-order valence-electron chi connectivity index (χ2n) is 7.38. The Kier molecular flexibility index (Phi) is 5.40. The average molecular weight is 345 g/mol. The third kappa shape index (κ3) is 4.32. The van der Waals surface area contributed by atoms with Crippen LogP contribution in [0.15, 0.2) is 24.3 Å². The van der Waals surface area contributed by atoms with Crippen LogP contribution in [0.3, 0.4) is 0 Å². The Morgan fingerprint density at radius 2 is 2.00 bits per heavy atom. The van der Waals surface area contributed by atoms with Gasteiger partial charge in [-0.3, -0.25) is 9.48 Å². The maximum atomic E-state index is 12.5. The van der Waals surface area contributed by atoms with Crippen LogP contribution in [0.5, 0.6) is 11.5 Å². The molecule has 0 unspecified atom stereocenters. The van der Waals surface area contributed by atoms with E-state index in [1.807, 2.05) is 10.7 Å². The van der Waals surface area contributed by atoms with Crippen molar-refractivity contribution in [3.63, 3.8) is 0 Å². The van der Waals surface area contributed by atoms with E-state index in [4.69, 9.17) is 4.74 Å². The number of nitrogens with zero attached hydrogens (tertiary/aromatic N) is 2. The van der Waals surface area contributed by atoms with Gasteiger partial charge in [0.2, 0.25) is 0 Å². The fraction of sp³-hybridized carbons (Fsp3) is 0.474. The standard InChI is InChI=1S/C19H27N3O3/c1-12(2)15-10-14(21-22(15)19(3,4)5)18(24)20-11-13-7-8-16(23)17(9-13)25-6/h7-10,12,23H,11H2,1-6H3,(H,20,24). The number of aromatic hydroxyl groups is 1. The Morgan fingerprint density at radius 1 is 1.32 bits per heavy atom. The summed E-state index contributed by atoms with van der Waals surface area (Å²) in [5, 5.41) is 17.0. The number of phenolic OH excluding ortho intramolecular Hbond substituents is 1. The molecule has 0 saturated carbocycles. The van der Waals surface area contributed by atoms with E-state index >= 15 is 0 Å². The molecule has 25 heavy (non-hydrogen) atoms. The molecule has 2 aromatic rings. The Bertz CT molecular complexity index is 758. The maximum Gasteiger partial charge on any atom is 0.272 e. The minimum absolute atomic E-state index is 0.0723. The van der Waals surface area contributed by atoms with Crippen molar-refractivity contribution in [3.05, 3.63) is 41.2 Å². The molecule has 1 heterocycles. The summed E-state index contributed by atoms with van der Waals surface area (Å²) in [7, 11) is 1.49. The van der Waals surface area contributed by atoms with Crippen LogP contribution < -0.4 is 10.1 Å². The molecule has 0 bridgehead atoms. The molecule has 6 nitrogen and oxygen atoms in total. The number of phenols is 1. The number of carbonyl (C=O) groups excluding carboxylic acids is 1. The number of ether oxygens (including phenoxy) is 1. The number of carbonyl (C=O) groups is 1. The molecule has 1 aromatic carbocycles. The van der Waals surface area contributed by atoms with E-state index in [2.05, 4.69) is 45.0 Å². The van der Waals surface area contributed by atoms with Crippen LogP contribution >= 0.6 is 0 Å². The van der Waals surface area contributed by atoms with Crippen LogP contribution in [-0.2, 0) is 12.1 Å². The van der Waals surface area contributed by atoms with Gasteiger partial charge in [-0.1, -0.05) is 19.9 Å². The molecule has 1 amide bonds. The second kappa shape index (κ2) is 7.17. The molecular formula is C19H27N3O3. The average Bonchev–Trinajstić information content (AvgIpc) is 2.99. The Labute approximate surface area is 148 Å². The molecule has 0 atom stereocenters. The van der Waals surface area contributed by atoms with Crippen molar-refractivity contribution in [2.24, 2.45) is 0 Å². The van der Waals surface area contributed by atoms with E-state index in [0.29, 0.717) is 18.0 Å². The predicted octanol–water partition coefficient (Wildman–Crippen LogP) is 3.41. The SMILES string of the molecule is COc1cc(CNC(=O)c2cc(C(C)C)n(C(C)(C)C)n2)ccc1O. The Balaban J connectivity index is 2.16. The molecule has 0 aliphatic rings. The fourth-order valence-corrected chi connectivity index (χ4v) is 2.56. The lowest BCUT2D eigenvalue weighted by molar-refractivity contribution is 0.0944. The quantitative estimate of drug-likeness (QED) is 0.871. The van der Waals surface area contributed by atoms with E-state index in [1.165, 1.54) is 7.11 Å². The minimum Gasteiger partial charge on any atom is -0.504 e. The number of aromatic nitrogens is 2. The third-order valence-electron chi connectivity index (χ3n) is 3.89. The van der Waals surface area contributed by atoms with Gasteiger partial charge in [-0.2, -0.15) is 5.10 Å². The van der Waals surface area contributed by atoms with Crippen LogP contribution in [0.1, 0.15) is 62.3 Å². The molecule has 0 saturated heterocycles. The summed E-state index contributed by atoms with van der Waals surface area (Å²) >= 11 is 0. The molecular weight excluding hydrogens is 318 g/mol. The highest BCUT2D eigenvalue weighted by molar-refractivity contribution is 5.92. The molecule has 1 aromatic heterocycles. The van der Waals surface area contributed by atoms with Gasteiger partial charge in [0.15, 0.2) is 11.5 Å². The van der Waals surface area contributed by atoms with E-state index < -0.39 is 0 Å². The van der Waals surface area contributed by atoms with Crippen molar-refractivity contribution < 1.29 is 14.6 Å². The highest BCUT2D eigenvalue weighted by Crippen LogP contribution is 2.26. The van der Waals surface area contributed by atoms with E-state index in [1.54, 1.807) is 18.2 Å². The molecule has 0 spiro atoms. The third-order valence-corrected chi connectivity index (χ3v) is 3.89. The van der Waals surface area contributed by atoms with Crippen LogP contribution in [0.2, 0.25) is 0 Å². The second-order valence-corrected chi connectivity index (χ2v) is 7.38. The smallest absolute Gasteiger partial charge is 0.272 e. The molecule has 2 N–H and O–H groups in total. The molecule has 0 fully saturated rings. The summed E-state index contributed by atoms with van der Waals surface area (Å²) in [4.78, 5) is 12.5. The summed E-state index contributed by atoms with van der Waals surface area (Å²) in [5.41, 5.74) is 2.08. The van der Waals surface area contributed by atoms with Crippen molar-refractivity contribution >= 4 is 5.91 Å². The Morgan fingerprint density at radius 3 is 2.52 bits per heavy atom. The zero-order chi connectivity index (χ0) is 18.8. The van der Waals surface area contributed by atoms with Gasteiger partial charge in [0.1, 0.15) is 5.69 Å². The van der Waals surface area contributed by atoms with Gasteiger partial charge >= 0.3 is 0 Å². The first kappa shape index (κ1) is 18.8. The van der Waals surface area contributed by atoms with Crippen LogP contribution in [0.25, 0.3) is 0 Å². The van der Waals surface area contributed by atoms with Gasteiger partial charge in [0.05, 0.1) is 12.6 Å². The molecule has 0 aliphatic heterocycles. The monoisotopic (exact) mass is 345 g/mol. The molecule has 2 rings (SSSR count). The molecule has 6 heteroatoms. The van der Waals surface area contributed by atoms with Crippen LogP contribution in [0, 0.1) is 0 Å². The lowest BCUT2D eigenvalue weighted by atomic mass is 10.1. The van der Waals surface area contributed by atoms with Crippen molar-refractivity contribution in [1.29, 1.82) is 0 Å². The number of hydrogen-bond acceptors (Lipinski definition) is 4. The minimum atomic E-state index is -0.225. The first-order valence-electron chi connectivity index (χ1n) is 8.38. The highest BCUT2D eigenvalue weighted by Gasteiger charge is 2.23. The van der Waals surface area contributed by atoms with Gasteiger partial charge in [-0.15, -0.1) is 0 Å². The number of amides is 1. The zero-order valence-electron chi connectivity index (χ0n) is 15.8. The predicted molar refractivity (Wildman–Crippen MR) is 97.1 cm³/mol. The van der Waals surface area contributed by atoms with Gasteiger partial charge in [-0.05, 0) is 50.5 Å². The molecule has 0 aliphatic carbocycles. The summed E-state index contributed by atoms with van der Waals surface area (Å²) in [6, 6.07) is 6.84. The lowest BCUT2D eigenvalue weighted by Crippen LogP contribution is -2.27. The normalized spacial score (nSPS) is 11.6. The molecule has 136 valence electrons. The van der Waals surface area contributed by atoms with E-state index in [-0.39, 0.29) is 23.1 Å². The first-order valence-corrected chi connectivity index (χ1v) is 8.38. The van der Waals surface area contributed by atoms with Gasteiger partial charge in [0, 0.05) is 12.2 Å². The lowest BCUT2D eigenvalue weighted by Gasteiger charge is -2.23. The highest BCUT2D eigenvalue weighted by atomic mass is 16.5.